The van der Waals surface area contributed by atoms with E-state index in [1.807, 2.05) is 22.9 Å². The maximum absolute atomic E-state index is 10.4. The lowest BCUT2D eigenvalue weighted by Gasteiger charge is -2.09. The molecular weight excluding hydrogens is 328 g/mol. The second-order valence-corrected chi connectivity index (χ2v) is 6.88. The molecule has 1 saturated heterocycles. The number of aromatic nitrogens is 5. The average molecular weight is 346 g/mol. The number of nitrogens with zero attached hydrogens (tertiary/aromatic N) is 5. The van der Waals surface area contributed by atoms with Crippen molar-refractivity contribution in [3.05, 3.63) is 55.5 Å². The van der Waals surface area contributed by atoms with Crippen molar-refractivity contribution in [2.24, 2.45) is 17.8 Å². The molecule has 0 bridgehead atoms. The Balaban J connectivity index is 1.38. The number of piperidine rings is 1. The smallest absolute Gasteiger partial charge is 0.177 e. The van der Waals surface area contributed by atoms with Crippen molar-refractivity contribution in [2.45, 2.75) is 0 Å². The van der Waals surface area contributed by atoms with Crippen LogP contribution in [0.3, 0.4) is 0 Å². The lowest BCUT2D eigenvalue weighted by molar-refractivity contribution is 0.476. The third-order valence-electron chi connectivity index (χ3n) is 5.40. The summed E-state index contributed by atoms with van der Waals surface area (Å²) in [4.78, 5) is 8.45. The first-order chi connectivity index (χ1) is 12.7. The standard InChI is InChI=1S/C19H18N6O/c1-11(18-14-7-21-8-15(14)18)19-22-9-16(23-24-19)13-3-2-12(6-17(13)26)25-5-4-20-10-25/h2-6,9-10,14-15,18,21,26H,1,7-8H2/t14-,15?,18?/m0/s1. The van der Waals surface area contributed by atoms with Crippen molar-refractivity contribution in [3.8, 4) is 22.7 Å². The zero-order valence-corrected chi connectivity index (χ0v) is 14.1. The average Bonchev–Trinajstić information content (AvgIpc) is 3.07. The molecule has 1 aromatic carbocycles. The summed E-state index contributed by atoms with van der Waals surface area (Å²) in [5.74, 6) is 2.55. The van der Waals surface area contributed by atoms with Gasteiger partial charge >= 0.3 is 0 Å². The van der Waals surface area contributed by atoms with Crippen LogP contribution < -0.4 is 5.32 Å². The van der Waals surface area contributed by atoms with Crippen LogP contribution in [-0.4, -0.2) is 42.9 Å². The highest BCUT2D eigenvalue weighted by atomic mass is 16.3. The zero-order chi connectivity index (χ0) is 17.7. The van der Waals surface area contributed by atoms with Gasteiger partial charge in [-0.2, -0.15) is 0 Å². The van der Waals surface area contributed by atoms with Crippen LogP contribution in [0.25, 0.3) is 22.5 Å². The summed E-state index contributed by atoms with van der Waals surface area (Å²) >= 11 is 0. The first-order valence-electron chi connectivity index (χ1n) is 8.63. The third-order valence-corrected chi connectivity index (χ3v) is 5.40. The molecule has 5 rings (SSSR count). The number of aromatic hydroxyl groups is 1. The monoisotopic (exact) mass is 346 g/mol. The molecule has 1 aliphatic carbocycles. The van der Waals surface area contributed by atoms with Gasteiger partial charge in [0.1, 0.15) is 11.4 Å². The molecule has 7 nitrogen and oxygen atoms in total. The van der Waals surface area contributed by atoms with E-state index in [1.165, 1.54) is 0 Å². The molecule has 2 unspecified atom stereocenters. The third kappa shape index (κ3) is 2.40. The zero-order valence-electron chi connectivity index (χ0n) is 14.1. The fourth-order valence-corrected chi connectivity index (χ4v) is 3.94. The number of imidazole rings is 1. The summed E-state index contributed by atoms with van der Waals surface area (Å²) < 4.78 is 1.82. The Hall–Kier alpha value is -3.06. The molecule has 2 fully saturated rings. The molecule has 130 valence electrons. The maximum atomic E-state index is 10.4. The van der Waals surface area contributed by atoms with Crippen LogP contribution in [0.5, 0.6) is 5.75 Å². The van der Waals surface area contributed by atoms with Crippen molar-refractivity contribution in [1.29, 1.82) is 0 Å². The van der Waals surface area contributed by atoms with E-state index in [-0.39, 0.29) is 5.75 Å². The molecular formula is C19H18N6O. The molecule has 2 aromatic heterocycles. The van der Waals surface area contributed by atoms with Crippen LogP contribution in [0.4, 0.5) is 0 Å². The van der Waals surface area contributed by atoms with Crippen molar-refractivity contribution in [2.75, 3.05) is 13.1 Å². The van der Waals surface area contributed by atoms with Gasteiger partial charge in [-0.3, -0.25) is 0 Å². The van der Waals surface area contributed by atoms with Crippen LogP contribution in [0.15, 0.2) is 49.7 Å². The van der Waals surface area contributed by atoms with Gasteiger partial charge in [-0.15, -0.1) is 10.2 Å². The number of fused-ring (bicyclic) bond motifs is 1. The number of hydrogen-bond donors (Lipinski definition) is 2. The van der Waals surface area contributed by atoms with Gasteiger partial charge in [0, 0.05) is 24.0 Å². The first-order valence-corrected chi connectivity index (χ1v) is 8.63. The SMILES string of the molecule is C=C(c1ncc(-c2ccc(-n3ccnc3)cc2O)nn1)C1C2CNC[C@@H]21. The van der Waals surface area contributed by atoms with E-state index < -0.39 is 0 Å². The highest BCUT2D eigenvalue weighted by Gasteiger charge is 2.54. The lowest BCUT2D eigenvalue weighted by Crippen LogP contribution is -2.15. The van der Waals surface area contributed by atoms with Gasteiger partial charge in [0.25, 0.3) is 0 Å². The van der Waals surface area contributed by atoms with E-state index in [4.69, 9.17) is 0 Å². The molecule has 3 heterocycles. The quantitative estimate of drug-likeness (QED) is 0.750. The summed E-state index contributed by atoms with van der Waals surface area (Å²) in [6, 6.07) is 5.37. The summed E-state index contributed by atoms with van der Waals surface area (Å²) in [6.07, 6.45) is 6.84. The molecule has 2 aliphatic rings. The Morgan fingerprint density at radius 3 is 2.73 bits per heavy atom. The highest BCUT2D eigenvalue weighted by molar-refractivity contribution is 5.69. The minimum Gasteiger partial charge on any atom is -0.507 e. The van der Waals surface area contributed by atoms with Crippen molar-refractivity contribution < 1.29 is 5.11 Å². The van der Waals surface area contributed by atoms with Gasteiger partial charge in [0.05, 0.1) is 18.2 Å². The number of phenols is 1. The molecule has 0 spiro atoms. The van der Waals surface area contributed by atoms with Crippen molar-refractivity contribution >= 4 is 5.57 Å². The molecule has 0 amide bonds. The van der Waals surface area contributed by atoms with E-state index in [1.54, 1.807) is 24.8 Å². The summed E-state index contributed by atoms with van der Waals surface area (Å²) in [5, 5.41) is 22.3. The molecule has 0 radical (unpaired) electrons. The van der Waals surface area contributed by atoms with Crippen LogP contribution in [0, 0.1) is 17.8 Å². The summed E-state index contributed by atoms with van der Waals surface area (Å²) in [7, 11) is 0. The van der Waals surface area contributed by atoms with Crippen LogP contribution >= 0.6 is 0 Å². The molecule has 7 heteroatoms. The van der Waals surface area contributed by atoms with Crippen molar-refractivity contribution in [1.82, 2.24) is 30.0 Å². The van der Waals surface area contributed by atoms with Gasteiger partial charge in [0.2, 0.25) is 0 Å². The Morgan fingerprint density at radius 2 is 2.08 bits per heavy atom. The second kappa shape index (κ2) is 5.74. The van der Waals surface area contributed by atoms with Gasteiger partial charge < -0.3 is 15.0 Å². The van der Waals surface area contributed by atoms with E-state index in [2.05, 4.69) is 32.1 Å². The molecule has 1 aliphatic heterocycles. The Kier molecular flexibility index (Phi) is 3.36. The maximum Gasteiger partial charge on any atom is 0.177 e. The fourth-order valence-electron chi connectivity index (χ4n) is 3.94. The Labute approximate surface area is 150 Å². The number of benzene rings is 1. The van der Waals surface area contributed by atoms with E-state index in [0.717, 1.165) is 24.4 Å². The number of phenolic OH excluding ortho intramolecular Hbond substituents is 1. The van der Waals surface area contributed by atoms with Crippen molar-refractivity contribution in [3.63, 3.8) is 0 Å². The lowest BCUT2D eigenvalue weighted by atomic mass is 10.1. The predicted octanol–water partition coefficient (Wildman–Crippen LogP) is 1.91. The van der Waals surface area contributed by atoms with Crippen LogP contribution in [0.2, 0.25) is 0 Å². The Bertz CT molecular complexity index is 956. The molecule has 2 N–H and O–H groups in total. The number of allylic oxidation sites excluding steroid dienone is 1. The molecule has 3 atom stereocenters. The largest absolute Gasteiger partial charge is 0.507 e. The molecule has 3 aromatic rings. The van der Waals surface area contributed by atoms with E-state index in [0.29, 0.717) is 34.8 Å². The normalized spacial score (nSPS) is 23.6. The Morgan fingerprint density at radius 1 is 1.23 bits per heavy atom. The number of nitrogens with one attached hydrogen (secondary N) is 1. The van der Waals surface area contributed by atoms with Crippen LogP contribution in [0.1, 0.15) is 5.82 Å². The van der Waals surface area contributed by atoms with Gasteiger partial charge in [0.15, 0.2) is 5.82 Å². The summed E-state index contributed by atoms with van der Waals surface area (Å²) in [6.45, 7) is 6.28. The minimum atomic E-state index is 0.127. The molecule has 1 saturated carbocycles. The summed E-state index contributed by atoms with van der Waals surface area (Å²) in [5.41, 5.74) is 2.93. The van der Waals surface area contributed by atoms with Gasteiger partial charge in [-0.1, -0.05) is 6.58 Å². The minimum absolute atomic E-state index is 0.127. The molecule has 26 heavy (non-hydrogen) atoms. The van der Waals surface area contributed by atoms with E-state index in [9.17, 15) is 5.11 Å². The van der Waals surface area contributed by atoms with Crippen LogP contribution in [-0.2, 0) is 0 Å². The predicted molar refractivity (Wildman–Crippen MR) is 96.4 cm³/mol. The topological polar surface area (TPSA) is 88.8 Å². The van der Waals surface area contributed by atoms with Gasteiger partial charge in [-0.25, -0.2) is 9.97 Å². The number of hydrogen-bond acceptors (Lipinski definition) is 6. The highest BCUT2D eigenvalue weighted by Crippen LogP contribution is 2.54. The fraction of sp³-hybridized carbons (Fsp3) is 0.263. The number of rotatable bonds is 4. The van der Waals surface area contributed by atoms with Gasteiger partial charge in [-0.05, 0) is 48.5 Å². The van der Waals surface area contributed by atoms with E-state index >= 15 is 0 Å². The second-order valence-electron chi connectivity index (χ2n) is 6.88. The first kappa shape index (κ1) is 15.2.